The highest BCUT2D eigenvalue weighted by Crippen LogP contribution is 2.38. The van der Waals surface area contributed by atoms with Crippen LogP contribution in [0.2, 0.25) is 0 Å². The molecule has 35 heavy (non-hydrogen) atoms. The normalized spacial score (nSPS) is 17.6. The third kappa shape index (κ3) is 6.36. The highest BCUT2D eigenvalue weighted by molar-refractivity contribution is 6.29. The average molecular weight is 489 g/mol. The number of aromatic amines is 1. The lowest BCUT2D eigenvalue weighted by Crippen LogP contribution is -2.35. The monoisotopic (exact) mass is 488 g/mol. The van der Waals surface area contributed by atoms with Crippen LogP contribution in [0.4, 0.5) is 0 Å². The van der Waals surface area contributed by atoms with E-state index in [-0.39, 0.29) is 6.04 Å². The van der Waals surface area contributed by atoms with Crippen LogP contribution in [0, 0.1) is 6.92 Å². The van der Waals surface area contributed by atoms with Crippen LogP contribution in [0.5, 0.6) is 0 Å². The third-order valence-corrected chi connectivity index (χ3v) is 6.24. The smallest absolute Gasteiger partial charge is 0.210 e. The number of amides is 1. The summed E-state index contributed by atoms with van der Waals surface area (Å²) in [5.41, 5.74) is 10.1. The van der Waals surface area contributed by atoms with Gasteiger partial charge in [-0.1, -0.05) is 60.7 Å². The van der Waals surface area contributed by atoms with E-state index < -0.39 is 0 Å². The van der Waals surface area contributed by atoms with Gasteiger partial charge < -0.3 is 14.6 Å². The van der Waals surface area contributed by atoms with Crippen molar-refractivity contribution in [2.75, 3.05) is 13.7 Å². The quantitative estimate of drug-likeness (QED) is 0.262. The van der Waals surface area contributed by atoms with Gasteiger partial charge in [-0.15, -0.1) is 0 Å². The summed E-state index contributed by atoms with van der Waals surface area (Å²) in [7, 11) is 1.63. The molecular weight excluding hydrogens is 456 g/mol. The first-order valence-electron chi connectivity index (χ1n) is 11.8. The number of allylic oxidation sites excluding steroid dienone is 7. The molecule has 1 aliphatic carbocycles. The van der Waals surface area contributed by atoms with E-state index in [1.165, 1.54) is 22.1 Å². The zero-order valence-electron chi connectivity index (χ0n) is 20.9. The van der Waals surface area contributed by atoms with Gasteiger partial charge in [0, 0.05) is 28.2 Å². The Bertz CT molecular complexity index is 1280. The molecule has 0 saturated carbocycles. The third-order valence-electron chi connectivity index (χ3n) is 6.12. The summed E-state index contributed by atoms with van der Waals surface area (Å²) in [5.74, 6) is 0.673. The summed E-state index contributed by atoms with van der Waals surface area (Å²) in [4.78, 5) is 17.1. The van der Waals surface area contributed by atoms with Crippen LogP contribution in [0.15, 0.2) is 95.0 Å². The maximum absolute atomic E-state index is 11.7. The molecule has 0 saturated heterocycles. The maximum Gasteiger partial charge on any atom is 0.210 e. The molecule has 1 N–H and O–H groups in total. The summed E-state index contributed by atoms with van der Waals surface area (Å²) in [6, 6.07) is 6.33. The number of fused-ring (bicyclic) bond motifs is 3. The Morgan fingerprint density at radius 1 is 1.34 bits per heavy atom. The summed E-state index contributed by atoms with van der Waals surface area (Å²) in [5, 5.41) is 2.06. The molecule has 4 nitrogen and oxygen atoms in total. The molecule has 1 aromatic heterocycles. The Hall–Kier alpha value is -3.46. The number of halogens is 1. The fraction of sp³-hybridized carbons (Fsp3) is 0.267. The number of rotatable bonds is 6. The largest absolute Gasteiger partial charge is 0.489 e. The second-order valence-corrected chi connectivity index (χ2v) is 9.09. The number of aromatic nitrogens is 1. The Kier molecular flexibility index (Phi) is 9.19. The fourth-order valence-corrected chi connectivity index (χ4v) is 4.31. The lowest BCUT2D eigenvalue weighted by molar-refractivity contribution is -0.120. The number of hydrogen-bond donors (Lipinski definition) is 1. The molecule has 182 valence electrons. The van der Waals surface area contributed by atoms with Gasteiger partial charge in [-0.05, 0) is 79.8 Å². The number of nitrogens with one attached hydrogen (secondary N) is 1. The molecule has 4 rings (SSSR count). The predicted molar refractivity (Wildman–Crippen MR) is 146 cm³/mol. The Morgan fingerprint density at radius 2 is 2.14 bits per heavy atom. The number of methoxy groups -OCH3 is 1. The molecule has 1 aromatic carbocycles. The van der Waals surface area contributed by atoms with E-state index in [2.05, 4.69) is 49.3 Å². The zero-order chi connectivity index (χ0) is 25.4. The van der Waals surface area contributed by atoms with Crippen LogP contribution < -0.4 is 0 Å². The standard InChI is InChI=1S/C21H20N2O2.C9H13Cl/c1-14-6-9-19-18(12-14)17-10-11-23(13-24)21(20(17)22-19)15-4-3-5-16(25-2)8-7-15;1-4-9(5-2)7-6-8(3)10/h3-4,6-9,12-13,21-22H,10-11H2,1-2H3;4,6-7H,1,5H2,2-3H3/b;8-6+,9-7+. The van der Waals surface area contributed by atoms with Crippen molar-refractivity contribution in [3.8, 4) is 0 Å². The summed E-state index contributed by atoms with van der Waals surface area (Å²) in [6.45, 7) is 10.4. The van der Waals surface area contributed by atoms with E-state index in [1.807, 2.05) is 54.4 Å². The van der Waals surface area contributed by atoms with Crippen molar-refractivity contribution in [3.63, 3.8) is 0 Å². The van der Waals surface area contributed by atoms with Crippen molar-refractivity contribution < 1.29 is 9.53 Å². The van der Waals surface area contributed by atoms with Gasteiger partial charge in [0.05, 0.1) is 13.2 Å². The number of aryl methyl sites for hydroxylation is 1. The van der Waals surface area contributed by atoms with Crippen LogP contribution in [-0.2, 0) is 16.0 Å². The fourth-order valence-electron chi connectivity index (χ4n) is 4.25. The second-order valence-electron chi connectivity index (χ2n) is 8.49. The molecule has 1 atom stereocenters. The highest BCUT2D eigenvalue weighted by Gasteiger charge is 2.31. The molecule has 2 aromatic rings. The SMILES string of the molecule is C=C/C(=C\C=C(/C)Cl)CC.COC1=C=CC=C(C2c3[nH]c4ccc(C)cc4c3CCN2C=O)C=C1. The van der Waals surface area contributed by atoms with Crippen molar-refractivity contribution in [2.45, 2.75) is 39.7 Å². The molecule has 5 heteroatoms. The van der Waals surface area contributed by atoms with E-state index in [0.29, 0.717) is 12.3 Å². The Morgan fingerprint density at radius 3 is 2.80 bits per heavy atom. The number of nitrogens with zero attached hydrogens (tertiary/aromatic N) is 1. The molecule has 0 bridgehead atoms. The zero-order valence-corrected chi connectivity index (χ0v) is 21.7. The molecule has 2 aliphatic rings. The van der Waals surface area contributed by atoms with Crippen LogP contribution in [0.1, 0.15) is 43.1 Å². The minimum Gasteiger partial charge on any atom is -0.489 e. The molecule has 1 amide bonds. The highest BCUT2D eigenvalue weighted by atomic mass is 35.5. The maximum atomic E-state index is 11.7. The Labute approximate surface area is 213 Å². The number of benzene rings is 1. The van der Waals surface area contributed by atoms with Crippen molar-refractivity contribution in [1.82, 2.24) is 9.88 Å². The first-order valence-corrected chi connectivity index (χ1v) is 12.2. The summed E-state index contributed by atoms with van der Waals surface area (Å²) >= 11 is 5.62. The van der Waals surface area contributed by atoms with Crippen molar-refractivity contribution in [2.24, 2.45) is 0 Å². The van der Waals surface area contributed by atoms with Gasteiger partial charge >= 0.3 is 0 Å². The summed E-state index contributed by atoms with van der Waals surface area (Å²) in [6.07, 6.45) is 16.2. The Balaban J connectivity index is 0.000000292. The van der Waals surface area contributed by atoms with E-state index in [4.69, 9.17) is 16.3 Å². The summed E-state index contributed by atoms with van der Waals surface area (Å²) < 4.78 is 5.25. The van der Waals surface area contributed by atoms with Gasteiger partial charge in [0.2, 0.25) is 6.41 Å². The molecule has 0 radical (unpaired) electrons. The molecule has 0 fully saturated rings. The van der Waals surface area contributed by atoms with Crippen LogP contribution in [0.3, 0.4) is 0 Å². The number of H-pyrrole nitrogens is 1. The number of carbonyl (C=O) groups is 1. The van der Waals surface area contributed by atoms with E-state index >= 15 is 0 Å². The van der Waals surface area contributed by atoms with Gasteiger partial charge in [-0.2, -0.15) is 0 Å². The van der Waals surface area contributed by atoms with Crippen LogP contribution in [0.25, 0.3) is 10.9 Å². The molecule has 0 spiro atoms. The molecular formula is C30H33ClN2O2. The van der Waals surface area contributed by atoms with Gasteiger partial charge in [0.15, 0.2) is 5.76 Å². The molecule has 2 heterocycles. The molecule has 1 unspecified atom stereocenters. The first kappa shape index (κ1) is 26.2. The first-order chi connectivity index (χ1) is 16.9. The van der Waals surface area contributed by atoms with E-state index in [0.717, 1.165) is 41.1 Å². The topological polar surface area (TPSA) is 45.3 Å². The molecule has 1 aliphatic heterocycles. The second kappa shape index (κ2) is 12.3. The average Bonchev–Trinajstić information content (AvgIpc) is 3.05. The van der Waals surface area contributed by atoms with E-state index in [1.54, 1.807) is 7.11 Å². The van der Waals surface area contributed by atoms with Crippen molar-refractivity contribution in [3.05, 3.63) is 112 Å². The van der Waals surface area contributed by atoms with Gasteiger partial charge in [-0.25, -0.2) is 0 Å². The van der Waals surface area contributed by atoms with Gasteiger partial charge in [0.25, 0.3) is 0 Å². The number of hydrogen-bond acceptors (Lipinski definition) is 2. The van der Waals surface area contributed by atoms with Gasteiger partial charge in [-0.3, -0.25) is 4.79 Å². The number of ether oxygens (including phenoxy) is 1. The number of carbonyl (C=O) groups excluding carboxylic acids is 1. The van der Waals surface area contributed by atoms with Crippen molar-refractivity contribution >= 4 is 28.9 Å². The van der Waals surface area contributed by atoms with Crippen LogP contribution in [-0.4, -0.2) is 29.9 Å². The van der Waals surface area contributed by atoms with E-state index in [9.17, 15) is 4.79 Å². The lowest BCUT2D eigenvalue weighted by Gasteiger charge is -2.33. The minimum absolute atomic E-state index is 0.125. The lowest BCUT2D eigenvalue weighted by atomic mass is 9.92. The predicted octanol–water partition coefficient (Wildman–Crippen LogP) is 7.36. The van der Waals surface area contributed by atoms with Crippen LogP contribution >= 0.6 is 11.6 Å². The minimum atomic E-state index is -0.125. The van der Waals surface area contributed by atoms with Gasteiger partial charge in [0.1, 0.15) is 0 Å². The van der Waals surface area contributed by atoms with Crippen molar-refractivity contribution in [1.29, 1.82) is 0 Å².